The molecule has 0 unspecified atom stereocenters. The first-order valence-corrected chi connectivity index (χ1v) is 6.60. The van der Waals surface area contributed by atoms with Crippen molar-refractivity contribution in [3.05, 3.63) is 24.5 Å². The van der Waals surface area contributed by atoms with Crippen LogP contribution in [0.4, 0.5) is 14.9 Å². The molecular weight excluding hydrogens is 279 g/mol. The highest BCUT2D eigenvalue weighted by atomic mass is 19.1. The van der Waals surface area contributed by atoms with E-state index in [1.54, 1.807) is 18.2 Å². The number of alkyl halides is 1. The topological polar surface area (TPSA) is 88.9 Å². The summed E-state index contributed by atoms with van der Waals surface area (Å²) in [6, 6.07) is 5.08. The highest BCUT2D eigenvalue weighted by molar-refractivity contribution is 5.86. The zero-order valence-corrected chi connectivity index (χ0v) is 11.2. The van der Waals surface area contributed by atoms with E-state index < -0.39 is 18.4 Å². The molecule has 2 atom stereocenters. The van der Waals surface area contributed by atoms with Gasteiger partial charge in [-0.3, -0.25) is 0 Å². The Morgan fingerprint density at radius 2 is 2.33 bits per heavy atom. The number of likely N-dealkylation sites (tertiary alicyclic amines) is 1. The van der Waals surface area contributed by atoms with Crippen molar-refractivity contribution in [1.82, 2.24) is 4.90 Å². The average molecular weight is 294 g/mol. The Morgan fingerprint density at radius 3 is 3.05 bits per heavy atom. The van der Waals surface area contributed by atoms with Crippen LogP contribution in [0.15, 0.2) is 28.9 Å². The van der Waals surface area contributed by atoms with Crippen molar-refractivity contribution in [3.8, 4) is 5.75 Å². The minimum atomic E-state index is -1.39. The molecule has 6 nitrogen and oxygen atoms in total. The molecule has 0 radical (unpaired) electrons. The number of nitrogen functional groups attached to an aromatic ring is 1. The highest BCUT2D eigenvalue weighted by Gasteiger charge is 2.33. The van der Waals surface area contributed by atoms with Gasteiger partial charge in [0.1, 0.15) is 6.10 Å². The largest absolute Gasteiger partial charge is 0.483 e. The van der Waals surface area contributed by atoms with E-state index >= 15 is 0 Å². The van der Waals surface area contributed by atoms with E-state index in [4.69, 9.17) is 20.0 Å². The van der Waals surface area contributed by atoms with Crippen LogP contribution in [0.1, 0.15) is 6.42 Å². The number of furan rings is 1. The molecule has 0 aliphatic carbocycles. The fourth-order valence-electron chi connectivity index (χ4n) is 2.51. The average Bonchev–Trinajstić information content (AvgIpc) is 2.88. The lowest BCUT2D eigenvalue weighted by molar-refractivity contribution is 0.0252. The molecule has 1 aromatic carbocycles. The minimum Gasteiger partial charge on any atom is -0.483 e. The van der Waals surface area contributed by atoms with Crippen molar-refractivity contribution in [2.24, 2.45) is 0 Å². The summed E-state index contributed by atoms with van der Waals surface area (Å²) in [4.78, 5) is 11.9. The molecule has 112 valence electrons. The number of hydrogen-bond acceptors (Lipinski definition) is 4. The summed E-state index contributed by atoms with van der Waals surface area (Å²) in [5, 5.41) is 9.65. The number of ether oxygens (including phenoxy) is 1. The zero-order chi connectivity index (χ0) is 15.0. The van der Waals surface area contributed by atoms with Gasteiger partial charge in [-0.1, -0.05) is 0 Å². The van der Waals surface area contributed by atoms with Crippen LogP contribution in [0.2, 0.25) is 0 Å². The monoisotopic (exact) mass is 294 g/mol. The first-order chi connectivity index (χ1) is 10.0. The van der Waals surface area contributed by atoms with Crippen molar-refractivity contribution in [3.63, 3.8) is 0 Å². The van der Waals surface area contributed by atoms with E-state index in [-0.39, 0.29) is 19.5 Å². The molecule has 1 fully saturated rings. The van der Waals surface area contributed by atoms with E-state index in [0.29, 0.717) is 17.0 Å². The molecule has 21 heavy (non-hydrogen) atoms. The number of anilines is 1. The van der Waals surface area contributed by atoms with Crippen LogP contribution in [-0.4, -0.2) is 41.5 Å². The SMILES string of the molecule is Nc1cc(O[C@H]2CCN(C(=O)O)C[C@H]2F)c2occc2c1. The van der Waals surface area contributed by atoms with Gasteiger partial charge in [0, 0.05) is 30.1 Å². The Kier molecular flexibility index (Phi) is 3.32. The van der Waals surface area contributed by atoms with Crippen LogP contribution in [0.5, 0.6) is 5.75 Å². The fourth-order valence-corrected chi connectivity index (χ4v) is 2.51. The number of halogens is 1. The van der Waals surface area contributed by atoms with Crippen molar-refractivity contribution in [2.45, 2.75) is 18.7 Å². The van der Waals surface area contributed by atoms with Gasteiger partial charge in [0.05, 0.1) is 12.8 Å². The minimum absolute atomic E-state index is 0.191. The van der Waals surface area contributed by atoms with Crippen LogP contribution in [0, 0.1) is 0 Å². The van der Waals surface area contributed by atoms with E-state index in [1.165, 1.54) is 6.26 Å². The smallest absolute Gasteiger partial charge is 0.407 e. The molecule has 7 heteroatoms. The Bertz CT molecular complexity index is 672. The summed E-state index contributed by atoms with van der Waals surface area (Å²) >= 11 is 0. The Morgan fingerprint density at radius 1 is 1.52 bits per heavy atom. The molecule has 1 aliphatic heterocycles. The number of carboxylic acid groups (broad SMARTS) is 1. The summed E-state index contributed by atoms with van der Waals surface area (Å²) in [5.41, 5.74) is 6.79. The van der Waals surface area contributed by atoms with Crippen molar-refractivity contribution in [2.75, 3.05) is 18.8 Å². The second-order valence-electron chi connectivity index (χ2n) is 5.05. The van der Waals surface area contributed by atoms with E-state index in [1.807, 2.05) is 0 Å². The molecule has 3 N–H and O–H groups in total. The molecule has 1 saturated heterocycles. The lowest BCUT2D eigenvalue weighted by Crippen LogP contribution is -2.48. The molecule has 1 aliphatic rings. The number of hydrogen-bond donors (Lipinski definition) is 2. The molecule has 1 aromatic heterocycles. The van der Waals surface area contributed by atoms with E-state index in [2.05, 4.69) is 0 Å². The van der Waals surface area contributed by atoms with E-state index in [0.717, 1.165) is 10.3 Å². The predicted molar refractivity (Wildman–Crippen MR) is 74.2 cm³/mol. The molecule has 0 bridgehead atoms. The maximum Gasteiger partial charge on any atom is 0.407 e. The lowest BCUT2D eigenvalue weighted by Gasteiger charge is -2.33. The fraction of sp³-hybridized carbons (Fsp3) is 0.357. The molecule has 3 rings (SSSR count). The first kappa shape index (κ1) is 13.5. The van der Waals surface area contributed by atoms with Gasteiger partial charge in [-0.2, -0.15) is 0 Å². The maximum atomic E-state index is 14.1. The number of piperidine rings is 1. The van der Waals surface area contributed by atoms with Crippen molar-refractivity contribution < 1.29 is 23.4 Å². The van der Waals surface area contributed by atoms with Gasteiger partial charge in [0.25, 0.3) is 0 Å². The number of nitrogens with zero attached hydrogens (tertiary/aromatic N) is 1. The van der Waals surface area contributed by atoms with E-state index in [9.17, 15) is 9.18 Å². The summed E-state index contributed by atoms with van der Waals surface area (Å²) in [5.74, 6) is 0.381. The second-order valence-corrected chi connectivity index (χ2v) is 5.05. The van der Waals surface area contributed by atoms with Gasteiger partial charge >= 0.3 is 6.09 Å². The molecular formula is C14H15FN2O4. The number of carbonyl (C=O) groups is 1. The van der Waals surface area contributed by atoms with Crippen molar-refractivity contribution in [1.29, 1.82) is 0 Å². The lowest BCUT2D eigenvalue weighted by atomic mass is 10.1. The van der Waals surface area contributed by atoms with Crippen LogP contribution < -0.4 is 10.5 Å². The third-order valence-electron chi connectivity index (χ3n) is 3.57. The Balaban J connectivity index is 1.80. The molecule has 2 aromatic rings. The van der Waals surface area contributed by atoms with Gasteiger partial charge in [-0.05, 0) is 12.1 Å². The van der Waals surface area contributed by atoms with Gasteiger partial charge in [0.15, 0.2) is 17.5 Å². The second kappa shape index (κ2) is 5.16. The molecule has 2 heterocycles. The van der Waals surface area contributed by atoms with Crippen LogP contribution >= 0.6 is 0 Å². The van der Waals surface area contributed by atoms with Crippen molar-refractivity contribution >= 4 is 22.7 Å². The van der Waals surface area contributed by atoms with Gasteiger partial charge in [-0.25, -0.2) is 9.18 Å². The quantitative estimate of drug-likeness (QED) is 0.831. The maximum absolute atomic E-state index is 14.1. The summed E-state index contributed by atoms with van der Waals surface area (Å²) < 4.78 is 25.1. The van der Waals surface area contributed by atoms with Crippen LogP contribution in [0.25, 0.3) is 11.0 Å². The predicted octanol–water partition coefficient (Wildman–Crippen LogP) is 2.48. The van der Waals surface area contributed by atoms with Gasteiger partial charge in [0.2, 0.25) is 0 Å². The molecule has 1 amide bonds. The summed E-state index contributed by atoms with van der Waals surface area (Å²) in [6.07, 6.45) is -1.42. The number of nitrogens with two attached hydrogens (primary N) is 1. The van der Waals surface area contributed by atoms with Gasteiger partial charge in [-0.15, -0.1) is 0 Å². The number of rotatable bonds is 2. The number of benzene rings is 1. The third kappa shape index (κ3) is 2.58. The summed E-state index contributed by atoms with van der Waals surface area (Å²) in [7, 11) is 0. The number of fused-ring (bicyclic) bond motifs is 1. The molecule has 0 saturated carbocycles. The highest BCUT2D eigenvalue weighted by Crippen LogP contribution is 2.32. The summed E-state index contributed by atoms with van der Waals surface area (Å²) in [6.45, 7) is 0.0493. The number of amides is 1. The zero-order valence-electron chi connectivity index (χ0n) is 11.2. The van der Waals surface area contributed by atoms with Gasteiger partial charge < -0.3 is 24.9 Å². The van der Waals surface area contributed by atoms with Crippen LogP contribution in [-0.2, 0) is 0 Å². The Hall–Kier alpha value is -2.44. The third-order valence-corrected chi connectivity index (χ3v) is 3.57. The Labute approximate surface area is 119 Å². The standard InChI is InChI=1S/C14H15FN2O4/c15-10-7-17(14(18)19)3-1-11(10)21-12-6-9(16)5-8-2-4-20-13(8)12/h2,4-6,10-11H,1,3,7,16H2,(H,18,19)/t10-,11+/m1/s1. The van der Waals surface area contributed by atoms with Crippen LogP contribution in [0.3, 0.4) is 0 Å². The first-order valence-electron chi connectivity index (χ1n) is 6.60. The normalized spacial score (nSPS) is 22.4. The molecule has 0 spiro atoms.